The van der Waals surface area contributed by atoms with E-state index in [1.54, 1.807) is 0 Å². The summed E-state index contributed by atoms with van der Waals surface area (Å²) in [6.45, 7) is 0.674. The summed E-state index contributed by atoms with van der Waals surface area (Å²) in [7, 11) is 5.95. The normalized spacial score (nSPS) is 13.3. The summed E-state index contributed by atoms with van der Waals surface area (Å²) in [5, 5.41) is 8.12. The first-order chi connectivity index (χ1) is 4.81. The Bertz CT molecular complexity index is 145. The quantitative estimate of drug-likeness (QED) is 0.427. The molecule has 0 saturated carbocycles. The van der Waals surface area contributed by atoms with Crippen molar-refractivity contribution in [2.24, 2.45) is 0 Å². The first-order valence-corrected chi connectivity index (χ1v) is 3.91. The maximum absolute atomic E-state index is 10.2. The molecule has 0 unspecified atom stereocenters. The molecular formula is C7H15Cl2NO2. The van der Waals surface area contributed by atoms with Gasteiger partial charge in [0.2, 0.25) is 0 Å². The molecule has 0 aromatic heterocycles. The standard InChI is InChI=1S/C7H14ClNO2.ClH/c1-9(2,3)5-6(8)4-7(10)11;/h6H,4-5H2,1-3H3;1H/t6-;/m1./s1. The van der Waals surface area contributed by atoms with Gasteiger partial charge in [-0.25, -0.2) is 0 Å². The van der Waals surface area contributed by atoms with Gasteiger partial charge in [-0.3, -0.25) is 4.79 Å². The molecule has 0 fully saturated rings. The van der Waals surface area contributed by atoms with Gasteiger partial charge in [-0.15, -0.1) is 11.6 Å². The molecule has 0 aliphatic heterocycles. The molecular weight excluding hydrogens is 201 g/mol. The van der Waals surface area contributed by atoms with Gasteiger partial charge in [-0.1, -0.05) is 0 Å². The second kappa shape index (κ2) is 5.62. The lowest BCUT2D eigenvalue weighted by Gasteiger charge is -2.25. The third-order valence-electron chi connectivity index (χ3n) is 1.14. The number of rotatable bonds is 4. The van der Waals surface area contributed by atoms with Gasteiger partial charge < -0.3 is 22.0 Å². The second-order valence-corrected chi connectivity index (χ2v) is 4.29. The summed E-state index contributed by atoms with van der Waals surface area (Å²) in [5.74, 6) is -0.835. The maximum atomic E-state index is 10.2. The maximum Gasteiger partial charge on any atom is 0.305 e. The van der Waals surface area contributed by atoms with E-state index in [9.17, 15) is 4.79 Å². The van der Waals surface area contributed by atoms with Crippen molar-refractivity contribution in [1.29, 1.82) is 0 Å². The van der Waals surface area contributed by atoms with Crippen LogP contribution >= 0.6 is 11.6 Å². The van der Waals surface area contributed by atoms with Gasteiger partial charge in [-0.2, -0.15) is 0 Å². The molecule has 0 aliphatic rings. The van der Waals surface area contributed by atoms with Crippen LogP contribution in [0.3, 0.4) is 0 Å². The summed E-state index contributed by atoms with van der Waals surface area (Å²) in [5.41, 5.74) is 0. The zero-order valence-corrected chi connectivity index (χ0v) is 9.06. The fraction of sp³-hybridized carbons (Fsp3) is 0.857. The Morgan fingerprint density at radius 1 is 1.50 bits per heavy atom. The van der Waals surface area contributed by atoms with Crippen molar-refractivity contribution in [3.63, 3.8) is 0 Å². The van der Waals surface area contributed by atoms with Gasteiger partial charge in [0.1, 0.15) is 0 Å². The third kappa shape index (κ3) is 10.0. The highest BCUT2D eigenvalue weighted by Gasteiger charge is 2.17. The van der Waals surface area contributed by atoms with E-state index in [2.05, 4.69) is 0 Å². The van der Waals surface area contributed by atoms with E-state index >= 15 is 0 Å². The van der Waals surface area contributed by atoms with Crippen LogP contribution in [0.15, 0.2) is 0 Å². The van der Waals surface area contributed by atoms with E-state index in [1.165, 1.54) is 0 Å². The molecule has 5 heteroatoms. The highest BCUT2D eigenvalue weighted by molar-refractivity contribution is 6.21. The average Bonchev–Trinajstić information content (AvgIpc) is 1.53. The zero-order valence-electron chi connectivity index (χ0n) is 7.55. The molecule has 3 nitrogen and oxygen atoms in total. The number of hydrogen-bond acceptors (Lipinski definition) is 1. The molecule has 1 N–H and O–H groups in total. The molecule has 0 bridgehead atoms. The number of carboxylic acid groups (broad SMARTS) is 1. The molecule has 0 saturated heterocycles. The van der Waals surface area contributed by atoms with Crippen molar-refractivity contribution < 1.29 is 26.8 Å². The molecule has 0 aromatic rings. The Morgan fingerprint density at radius 2 is 1.92 bits per heavy atom. The van der Waals surface area contributed by atoms with E-state index in [0.717, 1.165) is 0 Å². The van der Waals surface area contributed by atoms with Crippen molar-refractivity contribution in [2.75, 3.05) is 27.7 Å². The van der Waals surface area contributed by atoms with E-state index in [4.69, 9.17) is 16.7 Å². The van der Waals surface area contributed by atoms with Crippen LogP contribution < -0.4 is 12.4 Å². The lowest BCUT2D eigenvalue weighted by atomic mass is 10.3. The number of aliphatic carboxylic acids is 1. The first kappa shape index (κ1) is 14.5. The second-order valence-electron chi connectivity index (χ2n) is 3.67. The fourth-order valence-electron chi connectivity index (χ4n) is 0.848. The van der Waals surface area contributed by atoms with Gasteiger partial charge in [0.05, 0.1) is 39.5 Å². The topological polar surface area (TPSA) is 37.3 Å². The van der Waals surface area contributed by atoms with Crippen LogP contribution in [0.1, 0.15) is 6.42 Å². The third-order valence-corrected chi connectivity index (χ3v) is 1.43. The van der Waals surface area contributed by atoms with Gasteiger partial charge >= 0.3 is 5.97 Å². The molecule has 0 radical (unpaired) electrons. The molecule has 12 heavy (non-hydrogen) atoms. The summed E-state index contributed by atoms with van der Waals surface area (Å²) >= 11 is 5.76. The lowest BCUT2D eigenvalue weighted by molar-refractivity contribution is -0.869. The zero-order chi connectivity index (χ0) is 9.07. The van der Waals surface area contributed by atoms with Crippen LogP contribution in [-0.4, -0.2) is 48.6 Å². The predicted octanol–water partition coefficient (Wildman–Crippen LogP) is -2.22. The smallest absolute Gasteiger partial charge is 0.305 e. The van der Waals surface area contributed by atoms with Crippen LogP contribution in [0, 0.1) is 0 Å². The SMILES string of the molecule is C[N+](C)(C)C[C@H](Cl)CC(=O)O.[Cl-]. The molecule has 0 amide bonds. The number of hydrogen-bond donors (Lipinski definition) is 1. The van der Waals surface area contributed by atoms with Gasteiger partial charge in [-0.05, 0) is 0 Å². The summed E-state index contributed by atoms with van der Waals surface area (Å²) < 4.78 is 0.696. The molecule has 0 aliphatic carbocycles. The van der Waals surface area contributed by atoms with E-state index < -0.39 is 5.97 Å². The molecule has 0 heterocycles. The van der Waals surface area contributed by atoms with Crippen LogP contribution in [0.25, 0.3) is 0 Å². The minimum Gasteiger partial charge on any atom is -1.00 e. The van der Waals surface area contributed by atoms with Crippen molar-refractivity contribution in [3.05, 3.63) is 0 Å². The fourth-order valence-corrected chi connectivity index (χ4v) is 1.39. The van der Waals surface area contributed by atoms with Gasteiger partial charge in [0.15, 0.2) is 0 Å². The molecule has 1 atom stereocenters. The highest BCUT2D eigenvalue weighted by Crippen LogP contribution is 2.06. The molecule has 0 rings (SSSR count). The number of nitrogens with zero attached hydrogens (tertiary/aromatic N) is 1. The van der Waals surface area contributed by atoms with E-state index in [0.29, 0.717) is 11.0 Å². The van der Waals surface area contributed by atoms with Crippen molar-refractivity contribution in [1.82, 2.24) is 0 Å². The van der Waals surface area contributed by atoms with Crippen LogP contribution in [0.5, 0.6) is 0 Å². The molecule has 0 aromatic carbocycles. The average molecular weight is 216 g/mol. The number of quaternary nitrogens is 1. The monoisotopic (exact) mass is 215 g/mol. The van der Waals surface area contributed by atoms with E-state index in [-0.39, 0.29) is 24.2 Å². The number of carbonyl (C=O) groups is 1. The first-order valence-electron chi connectivity index (χ1n) is 3.47. The Labute approximate surface area is 84.3 Å². The largest absolute Gasteiger partial charge is 1.00 e. The van der Waals surface area contributed by atoms with Crippen molar-refractivity contribution in [2.45, 2.75) is 11.8 Å². The van der Waals surface area contributed by atoms with Gasteiger partial charge in [0.25, 0.3) is 0 Å². The Hall–Kier alpha value is 0.01000. The van der Waals surface area contributed by atoms with Crippen molar-refractivity contribution >= 4 is 17.6 Å². The van der Waals surface area contributed by atoms with E-state index in [1.807, 2.05) is 21.1 Å². The minimum atomic E-state index is -0.835. The summed E-state index contributed by atoms with van der Waals surface area (Å²) in [4.78, 5) is 10.2. The number of carboxylic acids is 1. The molecule has 0 spiro atoms. The highest BCUT2D eigenvalue weighted by atomic mass is 35.5. The Morgan fingerprint density at radius 3 is 2.17 bits per heavy atom. The summed E-state index contributed by atoms with van der Waals surface area (Å²) in [6, 6.07) is 0. The number of halogens is 2. The van der Waals surface area contributed by atoms with Crippen molar-refractivity contribution in [3.8, 4) is 0 Å². The van der Waals surface area contributed by atoms with Crippen LogP contribution in [-0.2, 0) is 4.79 Å². The van der Waals surface area contributed by atoms with Crippen LogP contribution in [0.4, 0.5) is 0 Å². The van der Waals surface area contributed by atoms with Crippen LogP contribution in [0.2, 0.25) is 0 Å². The number of alkyl halides is 1. The lowest BCUT2D eigenvalue weighted by Crippen LogP contribution is -3.00. The Balaban J connectivity index is 0. The Kier molecular flexibility index (Phi) is 6.81. The summed E-state index contributed by atoms with van der Waals surface area (Å²) in [6.07, 6.45) is 0.0388. The predicted molar refractivity (Wildman–Crippen MR) is 44.8 cm³/mol. The van der Waals surface area contributed by atoms with Gasteiger partial charge in [0, 0.05) is 0 Å². The molecule has 74 valence electrons. The minimum absolute atomic E-state index is 0.